The van der Waals surface area contributed by atoms with E-state index in [1.807, 2.05) is 6.92 Å². The number of amides is 2. The molecule has 15 heavy (non-hydrogen) atoms. The van der Waals surface area contributed by atoms with Crippen LogP contribution >= 0.6 is 0 Å². The molecule has 0 radical (unpaired) electrons. The van der Waals surface area contributed by atoms with E-state index in [0.717, 1.165) is 6.42 Å². The molecule has 0 aliphatic carbocycles. The van der Waals surface area contributed by atoms with Crippen LogP contribution in [0.25, 0.3) is 0 Å². The fourth-order valence-corrected chi connectivity index (χ4v) is 0.900. The Morgan fingerprint density at radius 3 is 3.00 bits per heavy atom. The summed E-state index contributed by atoms with van der Waals surface area (Å²) in [6, 6.07) is 2.94. The molecule has 0 saturated carbocycles. The van der Waals surface area contributed by atoms with Crippen molar-refractivity contribution in [3.05, 3.63) is 18.4 Å². The number of hydrogen-bond acceptors (Lipinski definition) is 3. The Morgan fingerprint density at radius 2 is 2.40 bits per heavy atom. The second-order valence-electron chi connectivity index (χ2n) is 2.86. The molecule has 1 aromatic rings. The van der Waals surface area contributed by atoms with E-state index in [1.165, 1.54) is 6.26 Å². The zero-order valence-electron chi connectivity index (χ0n) is 8.46. The van der Waals surface area contributed by atoms with Crippen molar-refractivity contribution in [3.63, 3.8) is 0 Å². The third-order valence-electron chi connectivity index (χ3n) is 1.54. The van der Waals surface area contributed by atoms with Crippen LogP contribution in [0.5, 0.6) is 0 Å². The number of guanidine groups is 1. The Balaban J connectivity index is 2.27. The number of nitrogens with one attached hydrogen (secondary N) is 4. The molecular weight excluding hydrogens is 196 g/mol. The van der Waals surface area contributed by atoms with Gasteiger partial charge in [-0.1, -0.05) is 6.92 Å². The molecule has 0 spiro atoms. The lowest BCUT2D eigenvalue weighted by Gasteiger charge is -2.07. The molecule has 0 atom stereocenters. The van der Waals surface area contributed by atoms with Gasteiger partial charge in [-0.2, -0.15) is 0 Å². The molecule has 0 bridgehead atoms. The molecule has 0 fully saturated rings. The highest BCUT2D eigenvalue weighted by Crippen LogP contribution is 2.05. The van der Waals surface area contributed by atoms with Crippen LogP contribution in [0.15, 0.2) is 22.8 Å². The summed E-state index contributed by atoms with van der Waals surface area (Å²) < 4.78 is 4.94. The first-order chi connectivity index (χ1) is 7.22. The van der Waals surface area contributed by atoms with Crippen molar-refractivity contribution in [2.75, 3.05) is 11.9 Å². The van der Waals surface area contributed by atoms with Crippen molar-refractivity contribution < 1.29 is 9.21 Å². The van der Waals surface area contributed by atoms with Crippen molar-refractivity contribution in [2.24, 2.45) is 0 Å². The van der Waals surface area contributed by atoms with Crippen LogP contribution < -0.4 is 16.0 Å². The van der Waals surface area contributed by atoms with E-state index in [-0.39, 0.29) is 5.96 Å². The SMILES string of the molecule is CCCNC(=O)NC(=N)Nc1ccco1. The quantitative estimate of drug-likeness (QED) is 0.448. The van der Waals surface area contributed by atoms with Crippen molar-refractivity contribution >= 4 is 17.9 Å². The Labute approximate surface area is 87.5 Å². The van der Waals surface area contributed by atoms with Crippen LogP contribution in [0.1, 0.15) is 13.3 Å². The molecule has 0 unspecified atom stereocenters. The average molecular weight is 210 g/mol. The molecule has 6 heteroatoms. The van der Waals surface area contributed by atoms with Crippen molar-refractivity contribution in [2.45, 2.75) is 13.3 Å². The average Bonchev–Trinajstić information content (AvgIpc) is 2.67. The number of carbonyl (C=O) groups excluding carboxylic acids is 1. The Hall–Kier alpha value is -1.98. The highest BCUT2D eigenvalue weighted by Gasteiger charge is 2.03. The minimum atomic E-state index is -0.402. The second-order valence-corrected chi connectivity index (χ2v) is 2.86. The molecule has 0 aliphatic rings. The summed E-state index contributed by atoms with van der Waals surface area (Å²) in [4.78, 5) is 11.1. The zero-order chi connectivity index (χ0) is 11.1. The van der Waals surface area contributed by atoms with Gasteiger partial charge < -0.3 is 9.73 Å². The highest BCUT2D eigenvalue weighted by molar-refractivity contribution is 6.01. The Kier molecular flexibility index (Phi) is 4.21. The maximum absolute atomic E-state index is 11.1. The van der Waals surface area contributed by atoms with Crippen LogP contribution in [-0.4, -0.2) is 18.5 Å². The molecule has 6 nitrogen and oxygen atoms in total. The van der Waals surface area contributed by atoms with Gasteiger partial charge in [-0.05, 0) is 12.5 Å². The summed E-state index contributed by atoms with van der Waals surface area (Å²) in [5, 5.41) is 14.9. The van der Waals surface area contributed by atoms with Crippen molar-refractivity contribution in [1.29, 1.82) is 5.41 Å². The number of anilines is 1. The lowest BCUT2D eigenvalue weighted by molar-refractivity contribution is 0.245. The van der Waals surface area contributed by atoms with Crippen LogP contribution in [0.2, 0.25) is 0 Å². The summed E-state index contributed by atoms with van der Waals surface area (Å²) in [5.74, 6) is 0.286. The summed E-state index contributed by atoms with van der Waals surface area (Å²) >= 11 is 0. The van der Waals surface area contributed by atoms with Gasteiger partial charge in [-0.25, -0.2) is 4.79 Å². The molecule has 82 valence electrons. The molecule has 1 heterocycles. The first-order valence-electron chi connectivity index (χ1n) is 4.66. The van der Waals surface area contributed by atoms with E-state index in [2.05, 4.69) is 16.0 Å². The molecule has 1 rings (SSSR count). The third kappa shape index (κ3) is 4.17. The fourth-order valence-electron chi connectivity index (χ4n) is 0.900. The van der Waals surface area contributed by atoms with Gasteiger partial charge in [0.2, 0.25) is 5.96 Å². The predicted octanol–water partition coefficient (Wildman–Crippen LogP) is 1.34. The highest BCUT2D eigenvalue weighted by atomic mass is 16.3. The summed E-state index contributed by atoms with van der Waals surface area (Å²) in [7, 11) is 0. The Bertz CT molecular complexity index is 321. The van der Waals surface area contributed by atoms with Crippen LogP contribution in [-0.2, 0) is 0 Å². The molecule has 2 amide bonds. The van der Waals surface area contributed by atoms with E-state index < -0.39 is 6.03 Å². The van der Waals surface area contributed by atoms with E-state index in [0.29, 0.717) is 12.4 Å². The van der Waals surface area contributed by atoms with Gasteiger partial charge in [0.25, 0.3) is 0 Å². The minimum absolute atomic E-state index is 0.126. The minimum Gasteiger partial charge on any atom is -0.449 e. The Morgan fingerprint density at radius 1 is 1.60 bits per heavy atom. The van der Waals surface area contributed by atoms with Gasteiger partial charge >= 0.3 is 6.03 Å². The third-order valence-corrected chi connectivity index (χ3v) is 1.54. The molecule has 0 saturated heterocycles. The van der Waals surface area contributed by atoms with E-state index in [1.54, 1.807) is 12.1 Å². The van der Waals surface area contributed by atoms with Gasteiger partial charge in [0, 0.05) is 12.6 Å². The topological polar surface area (TPSA) is 90.2 Å². The standard InChI is InChI=1S/C9H14N4O2/c1-2-5-11-9(14)13-8(10)12-7-4-3-6-15-7/h3-4,6H,2,5H2,1H3,(H4,10,11,12,13,14). The van der Waals surface area contributed by atoms with Crippen molar-refractivity contribution in [3.8, 4) is 0 Å². The fraction of sp³-hybridized carbons (Fsp3) is 0.333. The van der Waals surface area contributed by atoms with Gasteiger partial charge in [0.1, 0.15) is 0 Å². The van der Waals surface area contributed by atoms with Crippen LogP contribution in [0, 0.1) is 5.41 Å². The number of hydrogen-bond donors (Lipinski definition) is 4. The van der Waals surface area contributed by atoms with Gasteiger partial charge in [0.15, 0.2) is 5.88 Å². The van der Waals surface area contributed by atoms with E-state index in [4.69, 9.17) is 9.83 Å². The maximum atomic E-state index is 11.1. The normalized spacial score (nSPS) is 9.40. The van der Waals surface area contributed by atoms with E-state index in [9.17, 15) is 4.79 Å². The van der Waals surface area contributed by atoms with Crippen LogP contribution in [0.3, 0.4) is 0 Å². The largest absolute Gasteiger partial charge is 0.449 e. The summed E-state index contributed by atoms with van der Waals surface area (Å²) in [6.45, 7) is 2.53. The van der Waals surface area contributed by atoms with Gasteiger partial charge in [-0.3, -0.25) is 16.0 Å². The smallest absolute Gasteiger partial charge is 0.321 e. The van der Waals surface area contributed by atoms with Crippen LogP contribution in [0.4, 0.5) is 10.7 Å². The number of rotatable bonds is 3. The molecule has 0 aromatic carbocycles. The number of urea groups is 1. The predicted molar refractivity (Wildman–Crippen MR) is 56.9 cm³/mol. The lowest BCUT2D eigenvalue weighted by Crippen LogP contribution is -2.42. The first kappa shape index (κ1) is 11.1. The maximum Gasteiger partial charge on any atom is 0.321 e. The zero-order valence-corrected chi connectivity index (χ0v) is 8.46. The summed E-state index contributed by atoms with van der Waals surface area (Å²) in [5.41, 5.74) is 0. The number of furan rings is 1. The van der Waals surface area contributed by atoms with E-state index >= 15 is 0 Å². The molecule has 1 aromatic heterocycles. The first-order valence-corrected chi connectivity index (χ1v) is 4.66. The van der Waals surface area contributed by atoms with Gasteiger partial charge in [-0.15, -0.1) is 0 Å². The molecular formula is C9H14N4O2. The molecule has 4 N–H and O–H groups in total. The number of carbonyl (C=O) groups is 1. The molecule has 0 aliphatic heterocycles. The van der Waals surface area contributed by atoms with Gasteiger partial charge in [0.05, 0.1) is 6.26 Å². The summed E-state index contributed by atoms with van der Waals surface area (Å²) in [6.07, 6.45) is 2.33. The lowest BCUT2D eigenvalue weighted by atomic mass is 10.5. The van der Waals surface area contributed by atoms with Crippen molar-refractivity contribution in [1.82, 2.24) is 10.6 Å². The monoisotopic (exact) mass is 210 g/mol. The second kappa shape index (κ2) is 5.69.